The lowest BCUT2D eigenvalue weighted by Gasteiger charge is -2.55. The van der Waals surface area contributed by atoms with Crippen LogP contribution >= 0.6 is 0 Å². The van der Waals surface area contributed by atoms with E-state index in [4.69, 9.17) is 15.0 Å². The predicted molar refractivity (Wildman–Crippen MR) is 202 cm³/mol. The van der Waals surface area contributed by atoms with Crippen molar-refractivity contribution < 1.29 is 0 Å². The summed E-state index contributed by atoms with van der Waals surface area (Å²) < 4.78 is 0. The van der Waals surface area contributed by atoms with Gasteiger partial charge in [0, 0.05) is 47.3 Å². The molecule has 0 aliphatic carbocycles. The second-order valence-corrected chi connectivity index (χ2v) is 16.3. The van der Waals surface area contributed by atoms with Crippen LogP contribution in [0, 0.1) is 0 Å². The molecule has 0 atom stereocenters. The van der Waals surface area contributed by atoms with E-state index in [1.807, 2.05) is 0 Å². The zero-order valence-electron chi connectivity index (χ0n) is 30.7. The van der Waals surface area contributed by atoms with Gasteiger partial charge >= 0.3 is 0 Å². The van der Waals surface area contributed by atoms with Crippen LogP contribution in [0.25, 0.3) is 0 Å². The van der Waals surface area contributed by atoms with E-state index in [-0.39, 0.29) is 37.0 Å². The average molecular weight is 648 g/mol. The van der Waals surface area contributed by atoms with Crippen LogP contribution in [0.2, 0.25) is 0 Å². The summed E-state index contributed by atoms with van der Waals surface area (Å²) in [7, 11) is 2.29. The largest absolute Gasteiger partial charge is 0.341 e. The molecule has 270 valence electrons. The molecule has 2 aliphatic heterocycles. The van der Waals surface area contributed by atoms with Crippen LogP contribution < -0.4 is 25.8 Å². The second-order valence-electron chi connectivity index (χ2n) is 16.3. The SMILES string of the molecule is C.C.CCCCNCNc1nc(N(CCCC)C2CC(C)(C)NC(C)(C)C2)nc(N(CCCC)C2CC(C)(C)N(C)C(C)(C)C2)n1. The lowest BCUT2D eigenvalue weighted by molar-refractivity contribution is -0.0129. The standard InChI is InChI=1S/C35H69N9.2CH4/c1-13-16-19-36-26-37-29-38-30(43(20-17-14-2)27-22-32(4,5)41-33(6,7)23-27)40-31(39-29)44(21-18-15-3)28-24-34(8,9)42(12)35(10,11)25-28;;/h27-28,36,41H,13-26H2,1-12H3,(H,37,38,39,40);2*1H4. The summed E-state index contributed by atoms with van der Waals surface area (Å²) in [5.41, 5.74) is 0.234. The number of anilines is 3. The maximum atomic E-state index is 5.39. The predicted octanol–water partition coefficient (Wildman–Crippen LogP) is 8.08. The lowest BCUT2D eigenvalue weighted by atomic mass is 9.77. The molecule has 3 rings (SSSR count). The van der Waals surface area contributed by atoms with E-state index in [1.54, 1.807) is 0 Å². The number of hydrogen-bond donors (Lipinski definition) is 3. The quantitative estimate of drug-likeness (QED) is 0.122. The molecule has 0 bridgehead atoms. The number of likely N-dealkylation sites (tertiary alicyclic amines) is 1. The highest BCUT2D eigenvalue weighted by molar-refractivity contribution is 5.47. The molecule has 0 unspecified atom stereocenters. The van der Waals surface area contributed by atoms with Gasteiger partial charge in [0.1, 0.15) is 0 Å². The lowest BCUT2D eigenvalue weighted by Crippen LogP contribution is -2.63. The van der Waals surface area contributed by atoms with Crippen molar-refractivity contribution in [1.29, 1.82) is 0 Å². The first kappa shape index (κ1) is 42.3. The van der Waals surface area contributed by atoms with Crippen LogP contribution in [0.3, 0.4) is 0 Å². The smallest absolute Gasteiger partial charge is 0.232 e. The highest BCUT2D eigenvalue weighted by Gasteiger charge is 2.46. The van der Waals surface area contributed by atoms with Gasteiger partial charge in [0.15, 0.2) is 0 Å². The Kier molecular flexibility index (Phi) is 16.2. The summed E-state index contributed by atoms with van der Waals surface area (Å²) in [5, 5.41) is 10.9. The summed E-state index contributed by atoms with van der Waals surface area (Å²) in [6.07, 6.45) is 11.1. The van der Waals surface area contributed by atoms with Crippen molar-refractivity contribution >= 4 is 17.8 Å². The van der Waals surface area contributed by atoms with E-state index in [2.05, 4.69) is 114 Å². The fourth-order valence-corrected chi connectivity index (χ4v) is 7.80. The molecule has 0 amide bonds. The minimum atomic E-state index is 0. The molecule has 46 heavy (non-hydrogen) atoms. The number of rotatable bonds is 16. The van der Waals surface area contributed by atoms with E-state index in [0.717, 1.165) is 89.3 Å². The van der Waals surface area contributed by atoms with Gasteiger partial charge in [-0.25, -0.2) is 0 Å². The van der Waals surface area contributed by atoms with E-state index in [9.17, 15) is 0 Å². The number of hydrogen-bond acceptors (Lipinski definition) is 9. The maximum absolute atomic E-state index is 5.39. The fourth-order valence-electron chi connectivity index (χ4n) is 7.80. The van der Waals surface area contributed by atoms with E-state index < -0.39 is 0 Å². The van der Waals surface area contributed by atoms with Gasteiger partial charge in [-0.3, -0.25) is 10.2 Å². The molecule has 1 aromatic heterocycles. The van der Waals surface area contributed by atoms with Gasteiger partial charge in [-0.1, -0.05) is 54.9 Å². The number of unbranched alkanes of at least 4 members (excludes halogenated alkanes) is 3. The van der Waals surface area contributed by atoms with Crippen LogP contribution in [0.4, 0.5) is 17.8 Å². The second kappa shape index (κ2) is 17.6. The van der Waals surface area contributed by atoms with E-state index >= 15 is 0 Å². The Morgan fingerprint density at radius 2 is 1.13 bits per heavy atom. The molecule has 0 spiro atoms. The van der Waals surface area contributed by atoms with Gasteiger partial charge in [-0.2, -0.15) is 15.0 Å². The van der Waals surface area contributed by atoms with Crippen molar-refractivity contribution in [1.82, 2.24) is 30.5 Å². The summed E-state index contributed by atoms with van der Waals surface area (Å²) in [6, 6.07) is 0.707. The maximum Gasteiger partial charge on any atom is 0.232 e. The van der Waals surface area contributed by atoms with Crippen molar-refractivity contribution in [2.24, 2.45) is 0 Å². The molecule has 0 radical (unpaired) electrons. The van der Waals surface area contributed by atoms with Crippen molar-refractivity contribution in [3.05, 3.63) is 0 Å². The van der Waals surface area contributed by atoms with Crippen LogP contribution in [0.15, 0.2) is 0 Å². The van der Waals surface area contributed by atoms with E-state index in [0.29, 0.717) is 24.7 Å². The molecule has 0 aromatic carbocycles. The van der Waals surface area contributed by atoms with Crippen LogP contribution in [0.5, 0.6) is 0 Å². The Balaban J connectivity index is 0.00000529. The van der Waals surface area contributed by atoms with Crippen molar-refractivity contribution in [2.75, 3.05) is 48.5 Å². The summed E-state index contributed by atoms with van der Waals surface area (Å²) in [5.74, 6) is 2.33. The van der Waals surface area contributed by atoms with Gasteiger partial charge in [-0.15, -0.1) is 0 Å². The molecule has 9 nitrogen and oxygen atoms in total. The van der Waals surface area contributed by atoms with Gasteiger partial charge < -0.3 is 20.4 Å². The van der Waals surface area contributed by atoms with Gasteiger partial charge in [0.05, 0.1) is 6.67 Å². The molecule has 2 saturated heterocycles. The van der Waals surface area contributed by atoms with Gasteiger partial charge in [0.25, 0.3) is 0 Å². The molecule has 3 heterocycles. The normalized spacial score (nSPS) is 20.8. The number of aromatic nitrogens is 3. The van der Waals surface area contributed by atoms with Crippen LogP contribution in [-0.4, -0.2) is 87.4 Å². The molecular weight excluding hydrogens is 570 g/mol. The summed E-state index contributed by atoms with van der Waals surface area (Å²) in [6.45, 7) is 29.2. The van der Waals surface area contributed by atoms with E-state index in [1.165, 1.54) is 6.42 Å². The third kappa shape index (κ3) is 11.5. The van der Waals surface area contributed by atoms with Crippen molar-refractivity contribution in [3.63, 3.8) is 0 Å². The third-order valence-corrected chi connectivity index (χ3v) is 10.0. The Morgan fingerprint density at radius 1 is 0.696 bits per heavy atom. The average Bonchev–Trinajstić information content (AvgIpc) is 2.90. The summed E-state index contributed by atoms with van der Waals surface area (Å²) >= 11 is 0. The number of nitrogens with zero attached hydrogens (tertiary/aromatic N) is 6. The number of nitrogens with one attached hydrogen (secondary N) is 3. The highest BCUT2D eigenvalue weighted by atomic mass is 15.4. The first-order valence-electron chi connectivity index (χ1n) is 17.8. The van der Waals surface area contributed by atoms with Crippen molar-refractivity contribution in [3.8, 4) is 0 Å². The summed E-state index contributed by atoms with van der Waals surface area (Å²) in [4.78, 5) is 23.3. The highest BCUT2D eigenvalue weighted by Crippen LogP contribution is 2.40. The molecule has 1 aromatic rings. The zero-order valence-corrected chi connectivity index (χ0v) is 30.7. The monoisotopic (exact) mass is 648 g/mol. The zero-order chi connectivity index (χ0) is 32.8. The first-order chi connectivity index (χ1) is 20.5. The Hall–Kier alpha value is -1.71. The Labute approximate surface area is 285 Å². The molecule has 9 heteroatoms. The number of piperidine rings is 2. The van der Waals surface area contributed by atoms with Gasteiger partial charge in [0.2, 0.25) is 17.8 Å². The topological polar surface area (TPSA) is 84.5 Å². The Bertz CT molecular complexity index is 988. The molecule has 0 saturated carbocycles. The minimum absolute atomic E-state index is 0. The molecule has 2 fully saturated rings. The molecule has 2 aliphatic rings. The Morgan fingerprint density at radius 3 is 1.57 bits per heavy atom. The van der Waals surface area contributed by atoms with Gasteiger partial charge in [-0.05, 0) is 114 Å². The molecular formula is C37H77N9. The third-order valence-electron chi connectivity index (χ3n) is 10.0. The minimum Gasteiger partial charge on any atom is -0.341 e. The van der Waals surface area contributed by atoms with Crippen molar-refractivity contribution in [2.45, 2.75) is 189 Å². The molecule has 3 N–H and O–H groups in total. The van der Waals surface area contributed by atoms with Crippen LogP contribution in [0.1, 0.15) is 155 Å². The first-order valence-corrected chi connectivity index (χ1v) is 17.8. The fraction of sp³-hybridized carbons (Fsp3) is 0.919. The van der Waals surface area contributed by atoms with Crippen LogP contribution in [-0.2, 0) is 0 Å².